The van der Waals surface area contributed by atoms with Gasteiger partial charge in [0.15, 0.2) is 5.76 Å². The minimum absolute atomic E-state index is 0.00823. The Hall–Kier alpha value is -2.93. The molecule has 4 rings (SSSR count). The molecule has 0 fully saturated rings. The zero-order valence-corrected chi connectivity index (χ0v) is 18.3. The SMILES string of the molecule is O=C(CN1Sc2ccccc2C(O)=C1C(=O)c1ccccc1Cl)Nc1ccccc1Cl. The predicted molar refractivity (Wildman–Crippen MR) is 124 cm³/mol. The topological polar surface area (TPSA) is 69.6 Å². The maximum atomic E-state index is 13.3. The second-order valence-electron chi connectivity index (χ2n) is 6.66. The normalized spacial score (nSPS) is 13.0. The molecular formula is C23H16Cl2N2O3S. The van der Waals surface area contributed by atoms with Crippen molar-refractivity contribution in [2.24, 2.45) is 0 Å². The number of benzene rings is 3. The summed E-state index contributed by atoms with van der Waals surface area (Å²) in [6.45, 7) is -0.195. The van der Waals surface area contributed by atoms with E-state index in [9.17, 15) is 14.7 Å². The number of amides is 1. The lowest BCUT2D eigenvalue weighted by Gasteiger charge is -2.30. The summed E-state index contributed by atoms with van der Waals surface area (Å²) in [6.07, 6.45) is 0. The Kier molecular flexibility index (Phi) is 6.23. The molecule has 0 radical (unpaired) electrons. The number of aliphatic hydroxyl groups is 1. The smallest absolute Gasteiger partial charge is 0.245 e. The molecule has 0 bridgehead atoms. The van der Waals surface area contributed by atoms with Gasteiger partial charge in [-0.3, -0.25) is 13.9 Å². The molecule has 156 valence electrons. The first-order chi connectivity index (χ1) is 15.0. The van der Waals surface area contributed by atoms with Gasteiger partial charge in [-0.15, -0.1) is 0 Å². The highest BCUT2D eigenvalue weighted by atomic mass is 35.5. The van der Waals surface area contributed by atoms with Crippen molar-refractivity contribution in [2.75, 3.05) is 11.9 Å². The second-order valence-corrected chi connectivity index (χ2v) is 8.54. The molecule has 0 aromatic heterocycles. The van der Waals surface area contributed by atoms with Gasteiger partial charge in [-0.25, -0.2) is 0 Å². The molecule has 3 aromatic carbocycles. The standard InChI is InChI=1S/C23H16Cl2N2O3S/c24-16-9-3-1-7-14(16)22(29)21-23(30)15-8-2-6-12-19(15)31-27(21)13-20(28)26-18-11-5-4-10-17(18)25/h1-12,30H,13H2,(H,26,28). The van der Waals surface area contributed by atoms with E-state index in [0.717, 1.165) is 4.90 Å². The van der Waals surface area contributed by atoms with Gasteiger partial charge in [-0.1, -0.05) is 59.6 Å². The number of ketones is 1. The lowest BCUT2D eigenvalue weighted by atomic mass is 10.0. The first-order valence-electron chi connectivity index (χ1n) is 9.27. The van der Waals surface area contributed by atoms with E-state index in [2.05, 4.69) is 5.32 Å². The van der Waals surface area contributed by atoms with Crippen LogP contribution in [0.15, 0.2) is 83.4 Å². The number of hydrogen-bond acceptors (Lipinski definition) is 5. The Morgan fingerprint density at radius 2 is 1.55 bits per heavy atom. The summed E-state index contributed by atoms with van der Waals surface area (Å²) in [5.41, 5.74) is 1.21. The van der Waals surface area contributed by atoms with Crippen LogP contribution in [-0.2, 0) is 4.79 Å². The van der Waals surface area contributed by atoms with E-state index in [-0.39, 0.29) is 28.6 Å². The van der Waals surface area contributed by atoms with E-state index in [4.69, 9.17) is 23.2 Å². The lowest BCUT2D eigenvalue weighted by molar-refractivity contribution is -0.116. The van der Waals surface area contributed by atoms with Crippen LogP contribution in [0.25, 0.3) is 5.76 Å². The molecule has 1 aliphatic rings. The fourth-order valence-electron chi connectivity index (χ4n) is 3.14. The van der Waals surface area contributed by atoms with E-state index in [1.54, 1.807) is 60.7 Å². The minimum Gasteiger partial charge on any atom is -0.505 e. The van der Waals surface area contributed by atoms with Crippen LogP contribution in [0.5, 0.6) is 0 Å². The number of aliphatic hydroxyl groups excluding tert-OH is 1. The summed E-state index contributed by atoms with van der Waals surface area (Å²) in [5, 5.41) is 14.4. The average molecular weight is 471 g/mol. The largest absolute Gasteiger partial charge is 0.505 e. The minimum atomic E-state index is -0.476. The molecule has 1 amide bonds. The number of nitrogens with one attached hydrogen (secondary N) is 1. The highest BCUT2D eigenvalue weighted by molar-refractivity contribution is 7.97. The average Bonchev–Trinajstić information content (AvgIpc) is 2.75. The summed E-state index contributed by atoms with van der Waals surface area (Å²) >= 11 is 13.5. The van der Waals surface area contributed by atoms with Crippen LogP contribution in [0.1, 0.15) is 15.9 Å². The number of hydrogen-bond donors (Lipinski definition) is 2. The van der Waals surface area contributed by atoms with Crippen LogP contribution in [0.4, 0.5) is 5.69 Å². The Morgan fingerprint density at radius 1 is 0.903 bits per heavy atom. The molecule has 0 saturated carbocycles. The number of carbonyl (C=O) groups excluding carboxylic acids is 2. The van der Waals surface area contributed by atoms with Crippen molar-refractivity contribution >= 4 is 58.3 Å². The monoisotopic (exact) mass is 470 g/mol. The van der Waals surface area contributed by atoms with Gasteiger partial charge in [0.1, 0.15) is 12.2 Å². The highest BCUT2D eigenvalue weighted by Gasteiger charge is 2.33. The maximum absolute atomic E-state index is 13.3. The number of nitrogens with zero attached hydrogens (tertiary/aromatic N) is 1. The Balaban J connectivity index is 1.69. The predicted octanol–water partition coefficient (Wildman–Crippen LogP) is 6.06. The van der Waals surface area contributed by atoms with Crippen molar-refractivity contribution in [2.45, 2.75) is 4.90 Å². The van der Waals surface area contributed by atoms with Crippen molar-refractivity contribution in [3.63, 3.8) is 0 Å². The number of carbonyl (C=O) groups is 2. The molecule has 0 unspecified atom stereocenters. The van der Waals surface area contributed by atoms with Gasteiger partial charge in [-0.05, 0) is 48.3 Å². The highest BCUT2D eigenvalue weighted by Crippen LogP contribution is 2.41. The Bertz CT molecular complexity index is 1210. The Labute approximate surface area is 193 Å². The van der Waals surface area contributed by atoms with E-state index < -0.39 is 11.7 Å². The molecule has 8 heteroatoms. The van der Waals surface area contributed by atoms with Crippen molar-refractivity contribution in [3.8, 4) is 0 Å². The van der Waals surface area contributed by atoms with Gasteiger partial charge in [0.05, 0.1) is 15.7 Å². The van der Waals surface area contributed by atoms with Crippen LogP contribution in [0.3, 0.4) is 0 Å². The van der Waals surface area contributed by atoms with Crippen LogP contribution in [0.2, 0.25) is 10.0 Å². The van der Waals surface area contributed by atoms with Gasteiger partial charge >= 0.3 is 0 Å². The van der Waals surface area contributed by atoms with E-state index >= 15 is 0 Å². The fraction of sp³-hybridized carbons (Fsp3) is 0.0435. The maximum Gasteiger partial charge on any atom is 0.245 e. The zero-order valence-electron chi connectivity index (χ0n) is 16.0. The molecule has 0 spiro atoms. The lowest BCUT2D eigenvalue weighted by Crippen LogP contribution is -2.33. The molecule has 1 aliphatic heterocycles. The first-order valence-corrected chi connectivity index (χ1v) is 10.8. The molecule has 0 atom stereocenters. The fourth-order valence-corrected chi connectivity index (χ4v) is 4.63. The quantitative estimate of drug-likeness (QED) is 0.350. The molecule has 1 heterocycles. The van der Waals surface area contributed by atoms with Gasteiger partial charge in [-0.2, -0.15) is 0 Å². The third-order valence-electron chi connectivity index (χ3n) is 4.59. The van der Waals surface area contributed by atoms with Crippen LogP contribution < -0.4 is 5.32 Å². The summed E-state index contributed by atoms with van der Waals surface area (Å²) < 4.78 is 1.47. The number of Topliss-reactive ketones (excluding diaryl/α,β-unsaturated/α-hetero) is 1. The number of anilines is 1. The van der Waals surface area contributed by atoms with Gasteiger partial charge in [0, 0.05) is 16.0 Å². The third-order valence-corrected chi connectivity index (χ3v) is 6.34. The van der Waals surface area contributed by atoms with Crippen molar-refractivity contribution < 1.29 is 14.7 Å². The van der Waals surface area contributed by atoms with Crippen molar-refractivity contribution in [1.29, 1.82) is 0 Å². The number of para-hydroxylation sites is 1. The van der Waals surface area contributed by atoms with Crippen molar-refractivity contribution in [3.05, 3.63) is 99.7 Å². The molecule has 0 saturated heterocycles. The van der Waals surface area contributed by atoms with Crippen LogP contribution in [0, 0.1) is 0 Å². The molecular weight excluding hydrogens is 455 g/mol. The van der Waals surface area contributed by atoms with E-state index in [1.807, 2.05) is 12.1 Å². The first kappa shape index (κ1) is 21.3. The molecule has 3 aromatic rings. The summed E-state index contributed by atoms with van der Waals surface area (Å²) in [6, 6.07) is 20.6. The number of allylic oxidation sites excluding steroid dienone is 1. The van der Waals surface area contributed by atoms with Gasteiger partial charge in [0.2, 0.25) is 11.7 Å². The van der Waals surface area contributed by atoms with Gasteiger partial charge < -0.3 is 10.4 Å². The number of halogens is 2. The molecule has 0 aliphatic carbocycles. The molecule has 5 nitrogen and oxygen atoms in total. The molecule has 31 heavy (non-hydrogen) atoms. The number of rotatable bonds is 5. The number of fused-ring (bicyclic) bond motifs is 1. The zero-order chi connectivity index (χ0) is 22.0. The van der Waals surface area contributed by atoms with Crippen LogP contribution >= 0.6 is 35.1 Å². The summed E-state index contributed by atoms with van der Waals surface area (Å²) in [4.78, 5) is 26.8. The summed E-state index contributed by atoms with van der Waals surface area (Å²) in [7, 11) is 0. The van der Waals surface area contributed by atoms with Crippen molar-refractivity contribution in [1.82, 2.24) is 4.31 Å². The third kappa shape index (κ3) is 4.42. The Morgan fingerprint density at radius 3 is 2.29 bits per heavy atom. The molecule has 2 N–H and O–H groups in total. The van der Waals surface area contributed by atoms with Gasteiger partial charge in [0.25, 0.3) is 0 Å². The second kappa shape index (κ2) is 9.06. The van der Waals surface area contributed by atoms with E-state index in [0.29, 0.717) is 16.3 Å². The van der Waals surface area contributed by atoms with Crippen LogP contribution in [-0.4, -0.2) is 27.6 Å². The summed E-state index contributed by atoms with van der Waals surface area (Å²) in [5.74, 6) is -1.07. The van der Waals surface area contributed by atoms with E-state index in [1.165, 1.54) is 16.3 Å².